The molecule has 0 bridgehead atoms. The second-order valence-corrected chi connectivity index (χ2v) is 7.10. The Kier molecular flexibility index (Phi) is 6.31. The zero-order chi connectivity index (χ0) is 21.0. The van der Waals surface area contributed by atoms with Crippen molar-refractivity contribution in [2.45, 2.75) is 27.3 Å². The van der Waals surface area contributed by atoms with E-state index in [1.54, 1.807) is 22.8 Å². The van der Waals surface area contributed by atoms with E-state index >= 15 is 0 Å². The number of aromatic nitrogens is 2. The molecule has 0 spiro atoms. The minimum atomic E-state index is -0.362. The smallest absolute Gasteiger partial charge is 0.409 e. The van der Waals surface area contributed by atoms with E-state index in [0.717, 1.165) is 16.7 Å². The van der Waals surface area contributed by atoms with Crippen LogP contribution in [0.15, 0.2) is 35.1 Å². The van der Waals surface area contributed by atoms with Crippen molar-refractivity contribution in [3.63, 3.8) is 0 Å². The summed E-state index contributed by atoms with van der Waals surface area (Å²) in [5.41, 5.74) is 3.42. The molecule has 2 heterocycles. The zero-order valence-corrected chi connectivity index (χ0v) is 17.1. The predicted octanol–water partition coefficient (Wildman–Crippen LogP) is 1.83. The third kappa shape index (κ3) is 4.82. The first-order valence-electron chi connectivity index (χ1n) is 9.74. The van der Waals surface area contributed by atoms with E-state index < -0.39 is 0 Å². The monoisotopic (exact) mass is 398 g/mol. The van der Waals surface area contributed by atoms with Gasteiger partial charge in [-0.15, -0.1) is 0 Å². The first-order valence-corrected chi connectivity index (χ1v) is 9.74. The van der Waals surface area contributed by atoms with Crippen molar-refractivity contribution in [3.8, 4) is 11.3 Å². The van der Waals surface area contributed by atoms with Crippen LogP contribution in [0.4, 0.5) is 4.79 Å². The van der Waals surface area contributed by atoms with Crippen LogP contribution in [0.2, 0.25) is 0 Å². The summed E-state index contributed by atoms with van der Waals surface area (Å²) in [7, 11) is 0. The average molecular weight is 398 g/mol. The molecule has 29 heavy (non-hydrogen) atoms. The highest BCUT2D eigenvalue weighted by Crippen LogP contribution is 2.21. The van der Waals surface area contributed by atoms with Crippen LogP contribution in [0.3, 0.4) is 0 Å². The van der Waals surface area contributed by atoms with Crippen molar-refractivity contribution in [2.24, 2.45) is 0 Å². The molecule has 1 saturated heterocycles. The molecular formula is C21H26N4O4. The lowest BCUT2D eigenvalue weighted by Gasteiger charge is -2.34. The summed E-state index contributed by atoms with van der Waals surface area (Å²) in [5, 5.41) is 4.42. The molecule has 0 N–H and O–H groups in total. The van der Waals surface area contributed by atoms with Crippen molar-refractivity contribution in [1.82, 2.24) is 19.6 Å². The van der Waals surface area contributed by atoms with Gasteiger partial charge in [0.25, 0.3) is 5.56 Å². The van der Waals surface area contributed by atoms with Gasteiger partial charge in [0.2, 0.25) is 5.91 Å². The second kappa shape index (κ2) is 8.89. The Balaban J connectivity index is 1.70. The fourth-order valence-electron chi connectivity index (χ4n) is 3.30. The number of carbonyl (C=O) groups excluding carboxylic acids is 2. The molecular weight excluding hydrogens is 372 g/mol. The Bertz CT molecular complexity index is 961. The topological polar surface area (TPSA) is 84.7 Å². The molecule has 1 aromatic heterocycles. The molecule has 0 atom stereocenters. The molecule has 8 heteroatoms. The molecule has 0 radical (unpaired) electrons. The largest absolute Gasteiger partial charge is 0.450 e. The van der Waals surface area contributed by atoms with Gasteiger partial charge in [-0.3, -0.25) is 9.59 Å². The number of rotatable bonds is 4. The Labute approximate surface area is 169 Å². The van der Waals surface area contributed by atoms with Gasteiger partial charge >= 0.3 is 6.09 Å². The Morgan fingerprint density at radius 3 is 2.41 bits per heavy atom. The van der Waals surface area contributed by atoms with Crippen LogP contribution in [0.25, 0.3) is 11.3 Å². The van der Waals surface area contributed by atoms with Gasteiger partial charge in [-0.25, -0.2) is 9.48 Å². The summed E-state index contributed by atoms with van der Waals surface area (Å²) in [6, 6.07) is 9.17. The van der Waals surface area contributed by atoms with Gasteiger partial charge in [-0.2, -0.15) is 5.10 Å². The van der Waals surface area contributed by atoms with E-state index in [4.69, 9.17) is 4.74 Å². The maximum Gasteiger partial charge on any atom is 0.409 e. The van der Waals surface area contributed by atoms with Gasteiger partial charge in [-0.1, -0.05) is 17.7 Å². The summed E-state index contributed by atoms with van der Waals surface area (Å²) < 4.78 is 6.20. The third-order valence-corrected chi connectivity index (χ3v) is 4.98. The lowest BCUT2D eigenvalue weighted by molar-refractivity contribution is -0.133. The Morgan fingerprint density at radius 2 is 1.72 bits per heavy atom. The number of amides is 2. The molecule has 2 amide bonds. The maximum atomic E-state index is 12.7. The van der Waals surface area contributed by atoms with Gasteiger partial charge in [0.05, 0.1) is 12.3 Å². The fourth-order valence-corrected chi connectivity index (χ4v) is 3.30. The molecule has 0 unspecified atom stereocenters. The van der Waals surface area contributed by atoms with Gasteiger partial charge < -0.3 is 14.5 Å². The van der Waals surface area contributed by atoms with Crippen molar-refractivity contribution in [1.29, 1.82) is 0 Å². The van der Waals surface area contributed by atoms with E-state index in [-0.39, 0.29) is 24.1 Å². The summed E-state index contributed by atoms with van der Waals surface area (Å²) >= 11 is 0. The minimum absolute atomic E-state index is 0.128. The van der Waals surface area contributed by atoms with Crippen molar-refractivity contribution < 1.29 is 14.3 Å². The van der Waals surface area contributed by atoms with E-state index in [1.807, 2.05) is 32.0 Å². The molecule has 0 saturated carbocycles. The quantitative estimate of drug-likeness (QED) is 0.784. The van der Waals surface area contributed by atoms with Crippen LogP contribution in [0, 0.1) is 13.8 Å². The van der Waals surface area contributed by atoms with Gasteiger partial charge in [0.15, 0.2) is 0 Å². The molecule has 1 aliphatic heterocycles. The molecule has 1 fully saturated rings. The molecule has 8 nitrogen and oxygen atoms in total. The highest BCUT2D eigenvalue weighted by molar-refractivity contribution is 5.76. The number of piperazine rings is 1. The van der Waals surface area contributed by atoms with Gasteiger partial charge in [0, 0.05) is 37.8 Å². The minimum Gasteiger partial charge on any atom is -0.450 e. The Morgan fingerprint density at radius 1 is 1.03 bits per heavy atom. The SMILES string of the molecule is CCOC(=O)N1CCN(C(=O)Cn2nc(-c3cc(C)ccc3C)ccc2=O)CC1. The first kappa shape index (κ1) is 20.6. The zero-order valence-electron chi connectivity index (χ0n) is 17.1. The van der Waals surface area contributed by atoms with E-state index in [2.05, 4.69) is 5.10 Å². The number of ether oxygens (including phenoxy) is 1. The number of benzene rings is 1. The van der Waals surface area contributed by atoms with E-state index in [0.29, 0.717) is 38.5 Å². The molecule has 2 aromatic rings. The van der Waals surface area contributed by atoms with Crippen LogP contribution in [0.5, 0.6) is 0 Å². The van der Waals surface area contributed by atoms with E-state index in [9.17, 15) is 14.4 Å². The third-order valence-electron chi connectivity index (χ3n) is 4.98. The molecule has 3 rings (SSSR count). The highest BCUT2D eigenvalue weighted by Gasteiger charge is 2.25. The summed E-state index contributed by atoms with van der Waals surface area (Å²) in [4.78, 5) is 39.9. The van der Waals surface area contributed by atoms with Gasteiger partial charge in [-0.05, 0) is 38.5 Å². The van der Waals surface area contributed by atoms with Crippen LogP contribution < -0.4 is 5.56 Å². The number of hydrogen-bond acceptors (Lipinski definition) is 5. The molecule has 1 aromatic carbocycles. The average Bonchev–Trinajstić information content (AvgIpc) is 2.72. The van der Waals surface area contributed by atoms with Crippen molar-refractivity contribution in [3.05, 3.63) is 51.8 Å². The van der Waals surface area contributed by atoms with Crippen LogP contribution >= 0.6 is 0 Å². The summed E-state index contributed by atoms with van der Waals surface area (Å²) in [6.07, 6.45) is -0.362. The van der Waals surface area contributed by atoms with Crippen LogP contribution in [-0.4, -0.2) is 64.4 Å². The fraction of sp³-hybridized carbons (Fsp3) is 0.429. The standard InChI is InChI=1S/C21H26N4O4/c1-4-29-21(28)24-11-9-23(10-12-24)20(27)14-25-19(26)8-7-18(22-25)17-13-15(2)5-6-16(17)3/h5-8,13H,4,9-12,14H2,1-3H3. The number of nitrogens with zero attached hydrogens (tertiary/aromatic N) is 4. The Hall–Kier alpha value is -3.16. The molecule has 154 valence electrons. The number of hydrogen-bond donors (Lipinski definition) is 0. The molecule has 1 aliphatic rings. The van der Waals surface area contributed by atoms with Crippen molar-refractivity contribution >= 4 is 12.0 Å². The van der Waals surface area contributed by atoms with E-state index in [1.165, 1.54) is 10.7 Å². The second-order valence-electron chi connectivity index (χ2n) is 7.10. The lowest BCUT2D eigenvalue weighted by Crippen LogP contribution is -2.51. The molecule has 0 aliphatic carbocycles. The maximum absolute atomic E-state index is 12.7. The summed E-state index contributed by atoms with van der Waals surface area (Å²) in [5.74, 6) is -0.193. The van der Waals surface area contributed by atoms with Crippen LogP contribution in [0.1, 0.15) is 18.1 Å². The lowest BCUT2D eigenvalue weighted by atomic mass is 10.0. The number of aryl methyl sites for hydroxylation is 2. The van der Waals surface area contributed by atoms with Gasteiger partial charge in [0.1, 0.15) is 6.54 Å². The van der Waals surface area contributed by atoms with Crippen LogP contribution in [-0.2, 0) is 16.1 Å². The summed E-state index contributed by atoms with van der Waals surface area (Å²) in [6.45, 7) is 7.57. The predicted molar refractivity (Wildman–Crippen MR) is 109 cm³/mol. The first-order chi connectivity index (χ1) is 13.9. The number of carbonyl (C=O) groups is 2. The van der Waals surface area contributed by atoms with Crippen molar-refractivity contribution in [2.75, 3.05) is 32.8 Å². The highest BCUT2D eigenvalue weighted by atomic mass is 16.6. The normalized spacial score (nSPS) is 14.0.